The third-order valence-corrected chi connectivity index (χ3v) is 1.99. The number of hydrogen-bond donors (Lipinski definition) is 0. The molecule has 0 fully saturated rings. The first-order valence-electron chi connectivity index (χ1n) is 4.16. The van der Waals surface area contributed by atoms with Crippen LogP contribution in [0.1, 0.15) is 24.2 Å². The van der Waals surface area contributed by atoms with Crippen molar-refractivity contribution < 1.29 is 13.9 Å². The number of halogens is 2. The zero-order chi connectivity index (χ0) is 10.7. The first-order valence-corrected chi connectivity index (χ1v) is 4.96. The van der Waals surface area contributed by atoms with Crippen LogP contribution in [-0.2, 0) is 4.74 Å². The maximum absolute atomic E-state index is 13.2. The van der Waals surface area contributed by atoms with Crippen molar-refractivity contribution >= 4 is 21.9 Å². The molecule has 0 aliphatic carbocycles. The van der Waals surface area contributed by atoms with E-state index in [0.717, 1.165) is 0 Å². The molecular formula is C10H10BrFO2. The highest BCUT2D eigenvalue weighted by atomic mass is 79.9. The highest BCUT2D eigenvalue weighted by Crippen LogP contribution is 2.16. The van der Waals surface area contributed by atoms with Gasteiger partial charge in [-0.25, -0.2) is 9.18 Å². The van der Waals surface area contributed by atoms with Crippen molar-refractivity contribution in [2.45, 2.75) is 20.0 Å². The molecule has 0 aliphatic heterocycles. The van der Waals surface area contributed by atoms with Crippen molar-refractivity contribution in [3.05, 3.63) is 34.1 Å². The molecule has 0 bridgehead atoms. The van der Waals surface area contributed by atoms with Crippen LogP contribution in [0.4, 0.5) is 4.39 Å². The van der Waals surface area contributed by atoms with Gasteiger partial charge in [0.15, 0.2) is 0 Å². The Balaban J connectivity index is 2.90. The zero-order valence-corrected chi connectivity index (χ0v) is 9.47. The van der Waals surface area contributed by atoms with E-state index in [4.69, 9.17) is 4.74 Å². The van der Waals surface area contributed by atoms with Crippen molar-refractivity contribution in [3.8, 4) is 0 Å². The van der Waals surface area contributed by atoms with E-state index in [9.17, 15) is 9.18 Å². The highest BCUT2D eigenvalue weighted by molar-refractivity contribution is 9.10. The minimum absolute atomic E-state index is 0.0399. The quantitative estimate of drug-likeness (QED) is 0.764. The summed E-state index contributed by atoms with van der Waals surface area (Å²) in [6, 6.07) is 4.22. The number of rotatable bonds is 2. The third-order valence-electron chi connectivity index (χ3n) is 1.49. The third kappa shape index (κ3) is 2.80. The van der Waals surface area contributed by atoms with Crippen molar-refractivity contribution in [1.29, 1.82) is 0 Å². The summed E-state index contributed by atoms with van der Waals surface area (Å²) >= 11 is 3.10. The summed E-state index contributed by atoms with van der Waals surface area (Å²) in [5.74, 6) is -1.21. The number of carbonyl (C=O) groups is 1. The molecule has 0 aromatic heterocycles. The summed E-state index contributed by atoms with van der Waals surface area (Å²) in [4.78, 5) is 11.3. The van der Waals surface area contributed by atoms with Gasteiger partial charge in [0, 0.05) is 4.47 Å². The SMILES string of the molecule is CC(C)OC(=O)c1ccc(Br)cc1F. The molecular weight excluding hydrogens is 251 g/mol. The maximum Gasteiger partial charge on any atom is 0.341 e. The van der Waals surface area contributed by atoms with Gasteiger partial charge < -0.3 is 4.74 Å². The number of ether oxygens (including phenoxy) is 1. The minimum Gasteiger partial charge on any atom is -0.459 e. The Bertz CT molecular complexity index is 350. The van der Waals surface area contributed by atoms with E-state index in [1.807, 2.05) is 0 Å². The Kier molecular flexibility index (Phi) is 3.63. The molecule has 0 unspecified atom stereocenters. The van der Waals surface area contributed by atoms with Gasteiger partial charge in [-0.2, -0.15) is 0 Å². The van der Waals surface area contributed by atoms with Gasteiger partial charge in [-0.05, 0) is 32.0 Å². The van der Waals surface area contributed by atoms with Gasteiger partial charge in [0.05, 0.1) is 11.7 Å². The van der Waals surface area contributed by atoms with Gasteiger partial charge >= 0.3 is 5.97 Å². The van der Waals surface area contributed by atoms with Gasteiger partial charge in [0.2, 0.25) is 0 Å². The number of esters is 1. The van der Waals surface area contributed by atoms with Gasteiger partial charge in [-0.1, -0.05) is 15.9 Å². The summed E-state index contributed by atoms with van der Waals surface area (Å²) < 4.78 is 18.7. The first-order chi connectivity index (χ1) is 6.50. The topological polar surface area (TPSA) is 26.3 Å². The summed E-state index contributed by atoms with van der Waals surface area (Å²) in [5.41, 5.74) is -0.0399. The number of hydrogen-bond acceptors (Lipinski definition) is 2. The second-order valence-electron chi connectivity index (χ2n) is 3.08. The molecule has 0 N–H and O–H groups in total. The fraction of sp³-hybridized carbons (Fsp3) is 0.300. The Hall–Kier alpha value is -0.900. The van der Waals surface area contributed by atoms with Crippen LogP contribution in [0.2, 0.25) is 0 Å². The summed E-state index contributed by atoms with van der Waals surface area (Å²) in [6.45, 7) is 3.43. The van der Waals surface area contributed by atoms with Crippen LogP contribution in [0.15, 0.2) is 22.7 Å². The van der Waals surface area contributed by atoms with Gasteiger partial charge in [0.1, 0.15) is 5.82 Å². The molecule has 0 amide bonds. The molecule has 14 heavy (non-hydrogen) atoms. The largest absolute Gasteiger partial charge is 0.459 e. The minimum atomic E-state index is -0.634. The van der Waals surface area contributed by atoms with E-state index in [0.29, 0.717) is 4.47 Å². The van der Waals surface area contributed by atoms with Crippen molar-refractivity contribution in [3.63, 3.8) is 0 Å². The van der Waals surface area contributed by atoms with Crippen molar-refractivity contribution in [2.75, 3.05) is 0 Å². The molecule has 1 aromatic carbocycles. The lowest BCUT2D eigenvalue weighted by Crippen LogP contribution is -2.13. The van der Waals surface area contributed by atoms with E-state index >= 15 is 0 Å². The van der Waals surface area contributed by atoms with E-state index in [2.05, 4.69) is 15.9 Å². The molecule has 1 aromatic rings. The van der Waals surface area contributed by atoms with E-state index in [-0.39, 0.29) is 11.7 Å². The standard InChI is InChI=1S/C10H10BrFO2/c1-6(2)14-10(13)8-4-3-7(11)5-9(8)12/h3-6H,1-2H3. The fourth-order valence-corrected chi connectivity index (χ4v) is 1.27. The zero-order valence-electron chi connectivity index (χ0n) is 7.88. The van der Waals surface area contributed by atoms with Crippen LogP contribution in [0, 0.1) is 5.82 Å². The molecule has 0 atom stereocenters. The van der Waals surface area contributed by atoms with Crippen LogP contribution in [0.3, 0.4) is 0 Å². The number of carbonyl (C=O) groups excluding carboxylic acids is 1. The molecule has 0 saturated heterocycles. The average molecular weight is 261 g/mol. The molecule has 76 valence electrons. The van der Waals surface area contributed by atoms with Gasteiger partial charge in [0.25, 0.3) is 0 Å². The highest BCUT2D eigenvalue weighted by Gasteiger charge is 2.14. The summed E-state index contributed by atoms with van der Waals surface area (Å²) in [5, 5.41) is 0. The second-order valence-corrected chi connectivity index (χ2v) is 3.99. The Morgan fingerprint density at radius 3 is 2.64 bits per heavy atom. The van der Waals surface area contributed by atoms with E-state index in [1.54, 1.807) is 19.9 Å². The Morgan fingerprint density at radius 1 is 1.50 bits per heavy atom. The molecule has 2 nitrogen and oxygen atoms in total. The van der Waals surface area contributed by atoms with Crippen LogP contribution in [-0.4, -0.2) is 12.1 Å². The normalized spacial score (nSPS) is 10.4. The number of benzene rings is 1. The first kappa shape index (κ1) is 11.2. The molecule has 0 aliphatic rings. The van der Waals surface area contributed by atoms with Crippen LogP contribution in [0.5, 0.6) is 0 Å². The van der Waals surface area contributed by atoms with Gasteiger partial charge in [-0.3, -0.25) is 0 Å². The maximum atomic E-state index is 13.2. The smallest absolute Gasteiger partial charge is 0.341 e. The second kappa shape index (κ2) is 4.55. The summed E-state index contributed by atoms with van der Waals surface area (Å²) in [7, 11) is 0. The Labute approximate surface area is 90.2 Å². The van der Waals surface area contributed by atoms with Crippen LogP contribution < -0.4 is 0 Å². The molecule has 0 spiro atoms. The van der Waals surface area contributed by atoms with Crippen molar-refractivity contribution in [1.82, 2.24) is 0 Å². The predicted octanol–water partition coefficient (Wildman–Crippen LogP) is 3.15. The average Bonchev–Trinajstić information content (AvgIpc) is 2.01. The molecule has 1 rings (SSSR count). The van der Waals surface area contributed by atoms with Crippen LogP contribution in [0.25, 0.3) is 0 Å². The molecule has 4 heteroatoms. The van der Waals surface area contributed by atoms with Crippen LogP contribution >= 0.6 is 15.9 Å². The lowest BCUT2D eigenvalue weighted by atomic mass is 10.2. The van der Waals surface area contributed by atoms with Crippen molar-refractivity contribution in [2.24, 2.45) is 0 Å². The van der Waals surface area contributed by atoms with E-state index in [1.165, 1.54) is 12.1 Å². The predicted molar refractivity (Wildman–Crippen MR) is 54.7 cm³/mol. The lowest BCUT2D eigenvalue weighted by Gasteiger charge is -2.08. The molecule has 0 radical (unpaired) electrons. The monoisotopic (exact) mass is 260 g/mol. The van der Waals surface area contributed by atoms with E-state index < -0.39 is 11.8 Å². The Morgan fingerprint density at radius 2 is 2.14 bits per heavy atom. The molecule has 0 heterocycles. The molecule has 0 saturated carbocycles. The van der Waals surface area contributed by atoms with Gasteiger partial charge in [-0.15, -0.1) is 0 Å². The summed E-state index contributed by atoms with van der Waals surface area (Å²) in [6.07, 6.45) is -0.245. The fourth-order valence-electron chi connectivity index (χ4n) is 0.933. The lowest BCUT2D eigenvalue weighted by molar-refractivity contribution is 0.0372.